The molecule has 1 aliphatic carbocycles. The van der Waals surface area contributed by atoms with Crippen molar-refractivity contribution in [1.29, 1.82) is 0 Å². The fourth-order valence-electron chi connectivity index (χ4n) is 1.59. The lowest BCUT2D eigenvalue weighted by Gasteiger charge is -2.09. The molecule has 1 saturated carbocycles. The summed E-state index contributed by atoms with van der Waals surface area (Å²) in [6.45, 7) is 0. The normalized spacial score (nSPS) is 25.4. The van der Waals surface area contributed by atoms with Crippen molar-refractivity contribution in [2.24, 2.45) is 5.73 Å². The maximum absolute atomic E-state index is 12.4. The molecular weight excluding hydrogens is 227 g/mol. The average molecular weight is 236 g/mol. The van der Waals surface area contributed by atoms with Gasteiger partial charge in [-0.1, -0.05) is 17.7 Å². The smallest absolute Gasteiger partial charge is 0.327 e. The number of hydrogen-bond donors (Lipinski definition) is 1. The van der Waals surface area contributed by atoms with Gasteiger partial charge in [0.2, 0.25) is 0 Å². The van der Waals surface area contributed by atoms with Gasteiger partial charge in [0, 0.05) is 12.0 Å². The van der Waals surface area contributed by atoms with Crippen LogP contribution in [0.3, 0.4) is 0 Å². The predicted octanol–water partition coefficient (Wildman–Crippen LogP) is 3.17. The molecule has 82 valence electrons. The Balaban J connectivity index is 2.31. The highest BCUT2D eigenvalue weighted by Gasteiger charge is 2.37. The van der Waals surface area contributed by atoms with E-state index in [0.29, 0.717) is 0 Å². The molecule has 1 aromatic carbocycles. The van der Waals surface area contributed by atoms with Gasteiger partial charge in [-0.3, -0.25) is 0 Å². The molecule has 0 unspecified atom stereocenters. The molecule has 5 heteroatoms. The van der Waals surface area contributed by atoms with Crippen LogP contribution >= 0.6 is 11.6 Å². The van der Waals surface area contributed by atoms with Crippen molar-refractivity contribution in [2.75, 3.05) is 0 Å². The molecule has 0 aliphatic heterocycles. The zero-order valence-corrected chi connectivity index (χ0v) is 8.44. The van der Waals surface area contributed by atoms with Crippen molar-refractivity contribution >= 4 is 11.6 Å². The maximum Gasteiger partial charge on any atom is 0.417 e. The third kappa shape index (κ3) is 2.11. The molecule has 0 aromatic heterocycles. The zero-order chi connectivity index (χ0) is 11.2. The molecule has 0 heterocycles. The van der Waals surface area contributed by atoms with Crippen molar-refractivity contribution < 1.29 is 13.2 Å². The molecule has 15 heavy (non-hydrogen) atoms. The Hall–Kier alpha value is -0.740. The molecular formula is C10H9ClF3N. The van der Waals surface area contributed by atoms with E-state index in [1.165, 1.54) is 12.1 Å². The highest BCUT2D eigenvalue weighted by atomic mass is 35.5. The van der Waals surface area contributed by atoms with Gasteiger partial charge in [-0.15, -0.1) is 0 Å². The standard InChI is InChI=1S/C10H9ClF3N/c11-8-3-5(6-4-9(6)15)1-2-7(8)10(12,13)14/h1-3,6,9H,4,15H2/t6-,9-/m1/s1. The number of alkyl halides is 3. The minimum absolute atomic E-state index is 0.0674. The lowest BCUT2D eigenvalue weighted by Crippen LogP contribution is -2.06. The fourth-order valence-corrected chi connectivity index (χ4v) is 1.89. The Labute approximate surface area is 90.0 Å². The van der Waals surface area contributed by atoms with Gasteiger partial charge in [-0.2, -0.15) is 13.2 Å². The number of rotatable bonds is 1. The Morgan fingerprint density at radius 1 is 1.33 bits per heavy atom. The molecule has 0 spiro atoms. The molecule has 2 N–H and O–H groups in total. The maximum atomic E-state index is 12.4. The van der Waals surface area contributed by atoms with Gasteiger partial charge >= 0.3 is 6.18 Å². The van der Waals surface area contributed by atoms with Gasteiger partial charge in [0.05, 0.1) is 10.6 Å². The lowest BCUT2D eigenvalue weighted by atomic mass is 10.1. The van der Waals surface area contributed by atoms with Gasteiger partial charge < -0.3 is 5.73 Å². The number of nitrogens with two attached hydrogens (primary N) is 1. The predicted molar refractivity (Wildman–Crippen MR) is 51.8 cm³/mol. The van der Waals surface area contributed by atoms with Crippen LogP contribution < -0.4 is 5.73 Å². The van der Waals surface area contributed by atoms with Crippen LogP contribution in [0.15, 0.2) is 18.2 Å². The van der Waals surface area contributed by atoms with Crippen LogP contribution in [-0.2, 0) is 6.18 Å². The first-order valence-corrected chi connectivity index (χ1v) is 4.89. The van der Waals surface area contributed by atoms with E-state index in [4.69, 9.17) is 17.3 Å². The van der Waals surface area contributed by atoms with Gasteiger partial charge in [-0.05, 0) is 24.1 Å². The van der Waals surface area contributed by atoms with E-state index < -0.39 is 11.7 Å². The summed E-state index contributed by atoms with van der Waals surface area (Å²) in [5.74, 6) is 0.171. The summed E-state index contributed by atoms with van der Waals surface area (Å²) in [6.07, 6.45) is -3.57. The van der Waals surface area contributed by atoms with Gasteiger partial charge in [0.25, 0.3) is 0 Å². The molecule has 2 rings (SSSR count). The van der Waals surface area contributed by atoms with E-state index in [0.717, 1.165) is 18.1 Å². The largest absolute Gasteiger partial charge is 0.417 e. The molecule has 1 nitrogen and oxygen atoms in total. The van der Waals surface area contributed by atoms with Crippen LogP contribution in [0, 0.1) is 0 Å². The zero-order valence-electron chi connectivity index (χ0n) is 7.68. The van der Waals surface area contributed by atoms with E-state index >= 15 is 0 Å². The SMILES string of the molecule is N[C@@H]1C[C@@H]1c1ccc(C(F)(F)F)c(Cl)c1. The Kier molecular flexibility index (Phi) is 2.43. The first-order valence-electron chi connectivity index (χ1n) is 4.52. The van der Waals surface area contributed by atoms with Gasteiger partial charge in [0.15, 0.2) is 0 Å². The van der Waals surface area contributed by atoms with Crippen LogP contribution in [0.5, 0.6) is 0 Å². The Morgan fingerprint density at radius 3 is 2.33 bits per heavy atom. The minimum atomic E-state index is -4.39. The summed E-state index contributed by atoms with van der Waals surface area (Å²) < 4.78 is 37.1. The second-order valence-corrected chi connectivity index (χ2v) is 4.15. The molecule has 0 bridgehead atoms. The Morgan fingerprint density at radius 2 is 1.93 bits per heavy atom. The van der Waals surface area contributed by atoms with E-state index in [1.807, 2.05) is 0 Å². The van der Waals surface area contributed by atoms with Gasteiger partial charge in [-0.25, -0.2) is 0 Å². The number of halogens is 4. The second-order valence-electron chi connectivity index (χ2n) is 3.74. The molecule has 1 aliphatic rings. The monoisotopic (exact) mass is 235 g/mol. The van der Waals surface area contributed by atoms with Crippen LogP contribution in [0.4, 0.5) is 13.2 Å². The first-order chi connectivity index (χ1) is 6.89. The third-order valence-corrected chi connectivity index (χ3v) is 2.88. The highest BCUT2D eigenvalue weighted by Crippen LogP contribution is 2.42. The van der Waals surface area contributed by atoms with Crippen LogP contribution in [0.25, 0.3) is 0 Å². The molecule has 1 fully saturated rings. The quantitative estimate of drug-likeness (QED) is 0.795. The van der Waals surface area contributed by atoms with Crippen LogP contribution in [0.2, 0.25) is 5.02 Å². The summed E-state index contributed by atoms with van der Waals surface area (Å²) in [7, 11) is 0. The fraction of sp³-hybridized carbons (Fsp3) is 0.400. The molecule has 2 atom stereocenters. The number of hydrogen-bond acceptors (Lipinski definition) is 1. The lowest BCUT2D eigenvalue weighted by molar-refractivity contribution is -0.137. The highest BCUT2D eigenvalue weighted by molar-refractivity contribution is 6.31. The van der Waals surface area contributed by atoms with E-state index in [9.17, 15) is 13.2 Å². The van der Waals surface area contributed by atoms with Crippen LogP contribution in [0.1, 0.15) is 23.5 Å². The second kappa shape index (κ2) is 3.39. The summed E-state index contributed by atoms with van der Waals surface area (Å²) >= 11 is 5.57. The summed E-state index contributed by atoms with van der Waals surface area (Å²) in [6, 6.07) is 3.90. The molecule has 0 amide bonds. The minimum Gasteiger partial charge on any atom is -0.327 e. The molecule has 0 radical (unpaired) electrons. The summed E-state index contributed by atoms with van der Waals surface area (Å²) in [4.78, 5) is 0. The van der Waals surface area contributed by atoms with E-state index in [2.05, 4.69) is 0 Å². The third-order valence-electron chi connectivity index (χ3n) is 2.57. The average Bonchev–Trinajstić information content (AvgIpc) is 2.80. The topological polar surface area (TPSA) is 26.0 Å². The van der Waals surface area contributed by atoms with Crippen molar-refractivity contribution in [3.8, 4) is 0 Å². The van der Waals surface area contributed by atoms with Crippen molar-refractivity contribution in [3.63, 3.8) is 0 Å². The van der Waals surface area contributed by atoms with Crippen LogP contribution in [-0.4, -0.2) is 6.04 Å². The van der Waals surface area contributed by atoms with Gasteiger partial charge in [0.1, 0.15) is 0 Å². The number of benzene rings is 1. The van der Waals surface area contributed by atoms with Crippen molar-refractivity contribution in [3.05, 3.63) is 34.3 Å². The van der Waals surface area contributed by atoms with Crippen molar-refractivity contribution in [2.45, 2.75) is 24.6 Å². The van der Waals surface area contributed by atoms with Crippen molar-refractivity contribution in [1.82, 2.24) is 0 Å². The van der Waals surface area contributed by atoms with E-state index in [-0.39, 0.29) is 17.0 Å². The Bertz CT molecular complexity index is 389. The van der Waals surface area contributed by atoms with E-state index in [1.54, 1.807) is 0 Å². The first kappa shape index (κ1) is 10.8. The summed E-state index contributed by atoms with van der Waals surface area (Å²) in [5, 5.41) is -0.251. The molecule has 1 aromatic rings. The summed E-state index contributed by atoms with van der Waals surface area (Å²) in [5.41, 5.74) is 5.61. The molecule has 0 saturated heterocycles.